The third-order valence-electron chi connectivity index (χ3n) is 2.37. The van der Waals surface area contributed by atoms with E-state index >= 15 is 0 Å². The molecule has 1 unspecified atom stereocenters. The van der Waals surface area contributed by atoms with Crippen molar-refractivity contribution in [1.29, 1.82) is 0 Å². The van der Waals surface area contributed by atoms with Crippen LogP contribution in [0.25, 0.3) is 0 Å². The third kappa shape index (κ3) is 3.76. The minimum absolute atomic E-state index is 0.315. The molecular formula is C11H17N3O4. The lowest BCUT2D eigenvalue weighted by Crippen LogP contribution is -2.46. The number of rotatable bonds is 5. The van der Waals surface area contributed by atoms with Crippen LogP contribution in [0.3, 0.4) is 0 Å². The first-order valence-corrected chi connectivity index (χ1v) is 5.66. The zero-order valence-corrected chi connectivity index (χ0v) is 10.6. The number of carboxylic acid groups (broad SMARTS) is 1. The lowest BCUT2D eigenvalue weighted by Gasteiger charge is -2.15. The number of carbonyl (C=O) groups is 2. The van der Waals surface area contributed by atoms with Crippen LogP contribution >= 0.6 is 0 Å². The zero-order valence-electron chi connectivity index (χ0n) is 10.6. The van der Waals surface area contributed by atoms with Crippen LogP contribution in [0.4, 0.5) is 4.79 Å². The van der Waals surface area contributed by atoms with E-state index in [9.17, 15) is 9.59 Å². The van der Waals surface area contributed by atoms with Gasteiger partial charge in [0.2, 0.25) is 5.89 Å². The number of aliphatic carboxylic acids is 1. The summed E-state index contributed by atoms with van der Waals surface area (Å²) in [6.45, 7) is 5.13. The second-order valence-electron chi connectivity index (χ2n) is 3.95. The number of hydrogen-bond donors (Lipinski definition) is 3. The number of oxazole rings is 1. The maximum Gasteiger partial charge on any atom is 0.326 e. The van der Waals surface area contributed by atoms with Gasteiger partial charge >= 0.3 is 12.0 Å². The number of urea groups is 1. The summed E-state index contributed by atoms with van der Waals surface area (Å²) in [5.41, 5.74) is 0. The number of nitrogens with one attached hydrogen (secondary N) is 2. The van der Waals surface area contributed by atoms with E-state index in [1.54, 1.807) is 27.0 Å². The van der Waals surface area contributed by atoms with Gasteiger partial charge in [0.15, 0.2) is 0 Å². The van der Waals surface area contributed by atoms with Crippen molar-refractivity contribution in [2.24, 2.45) is 0 Å². The Morgan fingerprint density at radius 3 is 2.61 bits per heavy atom. The van der Waals surface area contributed by atoms with Gasteiger partial charge in [-0.2, -0.15) is 0 Å². The largest absolute Gasteiger partial charge is 0.480 e. The average molecular weight is 255 g/mol. The number of carbonyl (C=O) groups excluding carboxylic acids is 1. The first-order valence-electron chi connectivity index (χ1n) is 5.66. The van der Waals surface area contributed by atoms with Crippen molar-refractivity contribution in [2.75, 3.05) is 0 Å². The fourth-order valence-corrected chi connectivity index (χ4v) is 1.37. The summed E-state index contributed by atoms with van der Waals surface area (Å²) in [5.74, 6) is -0.0330. The molecule has 100 valence electrons. The molecule has 1 heterocycles. The Balaban J connectivity index is 2.52. The maximum absolute atomic E-state index is 11.6. The van der Waals surface area contributed by atoms with Gasteiger partial charge in [-0.25, -0.2) is 14.6 Å². The number of nitrogens with zero attached hydrogens (tertiary/aromatic N) is 1. The van der Waals surface area contributed by atoms with Crippen LogP contribution < -0.4 is 10.6 Å². The van der Waals surface area contributed by atoms with Crippen LogP contribution in [0.5, 0.6) is 0 Å². The van der Waals surface area contributed by atoms with Gasteiger partial charge in [0.25, 0.3) is 0 Å². The molecule has 7 heteroatoms. The average Bonchev–Trinajstić information content (AvgIpc) is 2.72. The van der Waals surface area contributed by atoms with Gasteiger partial charge in [0.05, 0.1) is 6.20 Å². The minimum atomic E-state index is -1.06. The zero-order chi connectivity index (χ0) is 13.7. The minimum Gasteiger partial charge on any atom is -0.480 e. The highest BCUT2D eigenvalue weighted by molar-refractivity contribution is 5.82. The molecule has 0 fully saturated rings. The van der Waals surface area contributed by atoms with Crippen LogP contribution in [0.2, 0.25) is 0 Å². The monoisotopic (exact) mass is 255 g/mol. The van der Waals surface area contributed by atoms with E-state index in [4.69, 9.17) is 9.52 Å². The Labute approximate surface area is 105 Å². The lowest BCUT2D eigenvalue weighted by molar-refractivity contribution is -0.139. The summed E-state index contributed by atoms with van der Waals surface area (Å²) >= 11 is 0. The number of aryl methyl sites for hydroxylation is 1. The first-order chi connectivity index (χ1) is 8.43. The molecule has 0 aromatic carbocycles. The van der Waals surface area contributed by atoms with Gasteiger partial charge in [-0.05, 0) is 20.3 Å². The molecule has 0 aliphatic heterocycles. The van der Waals surface area contributed by atoms with E-state index in [0.29, 0.717) is 18.1 Å². The van der Waals surface area contributed by atoms with E-state index in [0.717, 1.165) is 0 Å². The summed E-state index contributed by atoms with van der Waals surface area (Å²) in [6.07, 6.45) is 1.87. The van der Waals surface area contributed by atoms with Crippen molar-refractivity contribution in [2.45, 2.75) is 39.3 Å². The molecule has 3 N–H and O–H groups in total. The van der Waals surface area contributed by atoms with E-state index in [2.05, 4.69) is 15.6 Å². The fourth-order valence-electron chi connectivity index (χ4n) is 1.37. The molecule has 1 aromatic heterocycles. The van der Waals surface area contributed by atoms with Crippen molar-refractivity contribution in [1.82, 2.24) is 15.6 Å². The quantitative estimate of drug-likeness (QED) is 0.733. The number of hydrogen-bond acceptors (Lipinski definition) is 4. The van der Waals surface area contributed by atoms with Crippen molar-refractivity contribution < 1.29 is 19.1 Å². The molecule has 1 rings (SSSR count). The second-order valence-corrected chi connectivity index (χ2v) is 3.95. The molecule has 0 radical (unpaired) electrons. The van der Waals surface area contributed by atoms with Crippen LogP contribution in [-0.2, 0) is 4.79 Å². The predicted molar refractivity (Wildman–Crippen MR) is 63.0 cm³/mol. The fraction of sp³-hybridized carbons (Fsp3) is 0.545. The maximum atomic E-state index is 11.6. The predicted octanol–water partition coefficient (Wildman–Crippen LogP) is 1.21. The smallest absolute Gasteiger partial charge is 0.326 e. The molecule has 0 spiro atoms. The molecule has 0 aliphatic carbocycles. The van der Waals surface area contributed by atoms with Gasteiger partial charge in [-0.1, -0.05) is 6.92 Å². The van der Waals surface area contributed by atoms with Gasteiger partial charge in [-0.3, -0.25) is 0 Å². The van der Waals surface area contributed by atoms with Gasteiger partial charge in [-0.15, -0.1) is 0 Å². The van der Waals surface area contributed by atoms with Gasteiger partial charge in [0, 0.05) is 0 Å². The second kappa shape index (κ2) is 6.04. The number of aromatic nitrogens is 1. The van der Waals surface area contributed by atoms with Crippen molar-refractivity contribution in [3.63, 3.8) is 0 Å². The first kappa shape index (κ1) is 14.0. The summed E-state index contributed by atoms with van der Waals surface area (Å²) in [4.78, 5) is 26.3. The van der Waals surface area contributed by atoms with Crippen molar-refractivity contribution >= 4 is 12.0 Å². The Hall–Kier alpha value is -2.05. The molecule has 2 amide bonds. The summed E-state index contributed by atoms with van der Waals surface area (Å²) < 4.78 is 5.25. The van der Waals surface area contributed by atoms with E-state index in [1.165, 1.54) is 0 Å². The third-order valence-corrected chi connectivity index (χ3v) is 2.37. The highest BCUT2D eigenvalue weighted by Gasteiger charge is 2.20. The molecule has 0 saturated carbocycles. The van der Waals surface area contributed by atoms with Crippen molar-refractivity contribution in [3.8, 4) is 0 Å². The molecule has 1 aromatic rings. The summed E-state index contributed by atoms with van der Waals surface area (Å²) in [5, 5.41) is 13.7. The van der Waals surface area contributed by atoms with Gasteiger partial charge < -0.3 is 20.2 Å². The topological polar surface area (TPSA) is 104 Å². The molecule has 0 aliphatic rings. The Kier molecular flexibility index (Phi) is 4.70. The molecule has 0 bridgehead atoms. The molecular weight excluding hydrogens is 238 g/mol. The van der Waals surface area contributed by atoms with Crippen molar-refractivity contribution in [3.05, 3.63) is 17.8 Å². The van der Waals surface area contributed by atoms with E-state index in [1.807, 2.05) is 0 Å². The molecule has 0 saturated heterocycles. The summed E-state index contributed by atoms with van der Waals surface area (Å²) in [6, 6.07) is -1.89. The Bertz CT molecular complexity index is 430. The van der Waals surface area contributed by atoms with E-state index in [-0.39, 0.29) is 0 Å². The Morgan fingerprint density at radius 2 is 2.17 bits per heavy atom. The Morgan fingerprint density at radius 1 is 1.50 bits per heavy atom. The normalized spacial score (nSPS) is 13.7. The van der Waals surface area contributed by atoms with Crippen LogP contribution in [-0.4, -0.2) is 28.1 Å². The molecule has 7 nitrogen and oxygen atoms in total. The highest BCUT2D eigenvalue weighted by Crippen LogP contribution is 2.11. The highest BCUT2D eigenvalue weighted by atomic mass is 16.4. The van der Waals surface area contributed by atoms with Gasteiger partial charge in [0.1, 0.15) is 17.8 Å². The number of amides is 2. The molecule has 2 atom stereocenters. The SMILES string of the molecule is CC[C@@H](NC(=O)NC(C)c1ncc(C)o1)C(=O)O. The molecule has 18 heavy (non-hydrogen) atoms. The van der Waals surface area contributed by atoms with Crippen LogP contribution in [0.1, 0.15) is 38.0 Å². The summed E-state index contributed by atoms with van der Waals surface area (Å²) in [7, 11) is 0. The number of carboxylic acids is 1. The lowest BCUT2D eigenvalue weighted by atomic mass is 10.2. The standard InChI is InChI=1S/C11H17N3O4/c1-4-8(10(15)16)14-11(17)13-7(3)9-12-5-6(2)18-9/h5,7-8H,4H2,1-3H3,(H,15,16)(H2,13,14,17)/t7?,8-/m1/s1. The van der Waals surface area contributed by atoms with E-state index < -0.39 is 24.1 Å². The van der Waals surface area contributed by atoms with Crippen LogP contribution in [0, 0.1) is 6.92 Å². The van der Waals surface area contributed by atoms with Crippen LogP contribution in [0.15, 0.2) is 10.6 Å².